The standard InChI is InChI=1S/C17H22ClN5O/c18-14-4-6-15(7-5-14)23-16(19-20-21-23)17(8-2-1-3-9-17)22-10-12-24-13-11-22/h4-7H,1-3,8-13H2. The highest BCUT2D eigenvalue weighted by atomic mass is 35.5. The van der Waals surface area contributed by atoms with Crippen molar-refractivity contribution in [3.63, 3.8) is 0 Å². The molecule has 128 valence electrons. The van der Waals surface area contributed by atoms with E-state index in [1.54, 1.807) is 0 Å². The Hall–Kier alpha value is -1.50. The molecule has 6 nitrogen and oxygen atoms in total. The molecule has 1 aromatic carbocycles. The number of hydrogen-bond donors (Lipinski definition) is 0. The number of halogens is 1. The summed E-state index contributed by atoms with van der Waals surface area (Å²) < 4.78 is 7.45. The number of morpholine rings is 1. The van der Waals surface area contributed by atoms with Crippen LogP contribution in [-0.4, -0.2) is 51.4 Å². The topological polar surface area (TPSA) is 56.1 Å². The van der Waals surface area contributed by atoms with E-state index >= 15 is 0 Å². The monoisotopic (exact) mass is 347 g/mol. The van der Waals surface area contributed by atoms with E-state index < -0.39 is 0 Å². The van der Waals surface area contributed by atoms with E-state index in [4.69, 9.17) is 16.3 Å². The fourth-order valence-electron chi connectivity index (χ4n) is 4.04. The van der Waals surface area contributed by atoms with Gasteiger partial charge in [-0.2, -0.15) is 4.68 Å². The lowest BCUT2D eigenvalue weighted by molar-refractivity contribution is -0.0451. The molecule has 2 heterocycles. The van der Waals surface area contributed by atoms with E-state index in [1.165, 1.54) is 19.3 Å². The van der Waals surface area contributed by atoms with Crippen molar-refractivity contribution in [2.45, 2.75) is 37.6 Å². The number of benzene rings is 1. The van der Waals surface area contributed by atoms with Crippen molar-refractivity contribution in [1.82, 2.24) is 25.1 Å². The van der Waals surface area contributed by atoms with Crippen LogP contribution in [0.5, 0.6) is 0 Å². The number of ether oxygens (including phenoxy) is 1. The minimum absolute atomic E-state index is 0.0921. The normalized spacial score (nSPS) is 21.7. The lowest BCUT2D eigenvalue weighted by Crippen LogP contribution is -2.53. The smallest absolute Gasteiger partial charge is 0.176 e. The van der Waals surface area contributed by atoms with Gasteiger partial charge in [0.25, 0.3) is 0 Å². The summed E-state index contributed by atoms with van der Waals surface area (Å²) in [6.45, 7) is 3.44. The predicted molar refractivity (Wildman–Crippen MR) is 91.3 cm³/mol. The molecule has 0 amide bonds. The van der Waals surface area contributed by atoms with Gasteiger partial charge in [0.05, 0.1) is 24.4 Å². The van der Waals surface area contributed by atoms with E-state index in [9.17, 15) is 0 Å². The molecule has 1 aliphatic carbocycles. The second kappa shape index (κ2) is 6.78. The van der Waals surface area contributed by atoms with Crippen LogP contribution in [0.1, 0.15) is 37.9 Å². The van der Waals surface area contributed by atoms with Gasteiger partial charge < -0.3 is 4.74 Å². The zero-order valence-corrected chi connectivity index (χ0v) is 14.5. The Labute approximate surface area is 146 Å². The molecule has 2 fully saturated rings. The van der Waals surface area contributed by atoms with Crippen LogP contribution in [0.2, 0.25) is 5.02 Å². The van der Waals surface area contributed by atoms with Gasteiger partial charge in [-0.3, -0.25) is 4.90 Å². The second-order valence-electron chi connectivity index (χ2n) is 6.58. The number of nitrogens with zero attached hydrogens (tertiary/aromatic N) is 5. The highest BCUT2D eigenvalue weighted by Crippen LogP contribution is 2.42. The molecule has 1 aromatic heterocycles. The lowest BCUT2D eigenvalue weighted by atomic mass is 9.79. The number of rotatable bonds is 3. The molecule has 1 saturated heterocycles. The number of tetrazole rings is 1. The van der Waals surface area contributed by atoms with Gasteiger partial charge in [0.1, 0.15) is 0 Å². The maximum atomic E-state index is 6.03. The molecule has 7 heteroatoms. The minimum Gasteiger partial charge on any atom is -0.379 e. The largest absolute Gasteiger partial charge is 0.379 e. The second-order valence-corrected chi connectivity index (χ2v) is 7.02. The minimum atomic E-state index is -0.0921. The number of aromatic nitrogens is 4. The Bertz CT molecular complexity index is 675. The number of hydrogen-bond acceptors (Lipinski definition) is 5. The third-order valence-corrected chi connectivity index (χ3v) is 5.51. The lowest BCUT2D eigenvalue weighted by Gasteiger charge is -2.46. The summed E-state index contributed by atoms with van der Waals surface area (Å²) >= 11 is 6.03. The maximum absolute atomic E-state index is 6.03. The first-order valence-corrected chi connectivity index (χ1v) is 9.05. The Balaban J connectivity index is 1.76. The van der Waals surface area contributed by atoms with Crippen LogP contribution >= 0.6 is 11.6 Å². The highest BCUT2D eigenvalue weighted by molar-refractivity contribution is 6.30. The van der Waals surface area contributed by atoms with Gasteiger partial charge >= 0.3 is 0 Å². The van der Waals surface area contributed by atoms with Crippen LogP contribution in [0.15, 0.2) is 24.3 Å². The molecule has 0 atom stereocenters. The molecular weight excluding hydrogens is 326 g/mol. The summed E-state index contributed by atoms with van der Waals surface area (Å²) in [6.07, 6.45) is 5.91. The Morgan fingerprint density at radius 1 is 1.00 bits per heavy atom. The zero-order valence-electron chi connectivity index (χ0n) is 13.7. The van der Waals surface area contributed by atoms with Crippen LogP contribution in [-0.2, 0) is 10.3 Å². The predicted octanol–water partition coefficient (Wildman–Crippen LogP) is 2.81. The molecule has 0 N–H and O–H groups in total. The van der Waals surface area contributed by atoms with E-state index in [0.717, 1.165) is 50.7 Å². The quantitative estimate of drug-likeness (QED) is 0.854. The molecule has 1 aliphatic heterocycles. The van der Waals surface area contributed by atoms with E-state index in [2.05, 4.69) is 20.4 Å². The van der Waals surface area contributed by atoms with Gasteiger partial charge in [0.15, 0.2) is 5.82 Å². The third kappa shape index (κ3) is 2.83. The highest BCUT2D eigenvalue weighted by Gasteiger charge is 2.44. The van der Waals surface area contributed by atoms with Crippen LogP contribution in [0, 0.1) is 0 Å². The van der Waals surface area contributed by atoms with Gasteiger partial charge in [-0.25, -0.2) is 0 Å². The van der Waals surface area contributed by atoms with Gasteiger partial charge in [-0.1, -0.05) is 30.9 Å². The summed E-state index contributed by atoms with van der Waals surface area (Å²) in [5, 5.41) is 13.5. The molecule has 1 saturated carbocycles. The first kappa shape index (κ1) is 16.0. The van der Waals surface area contributed by atoms with Crippen LogP contribution < -0.4 is 0 Å². The summed E-state index contributed by atoms with van der Waals surface area (Å²) in [7, 11) is 0. The van der Waals surface area contributed by atoms with E-state index in [1.807, 2.05) is 28.9 Å². The van der Waals surface area contributed by atoms with Crippen molar-refractivity contribution >= 4 is 11.6 Å². The van der Waals surface area contributed by atoms with Crippen LogP contribution in [0.25, 0.3) is 5.69 Å². The van der Waals surface area contributed by atoms with Crippen molar-refractivity contribution < 1.29 is 4.74 Å². The maximum Gasteiger partial charge on any atom is 0.176 e. The van der Waals surface area contributed by atoms with Crippen molar-refractivity contribution in [1.29, 1.82) is 0 Å². The molecule has 0 bridgehead atoms. The third-order valence-electron chi connectivity index (χ3n) is 5.25. The first-order chi connectivity index (χ1) is 11.8. The fourth-order valence-corrected chi connectivity index (χ4v) is 4.17. The summed E-state index contributed by atoms with van der Waals surface area (Å²) in [5.41, 5.74) is 0.864. The Morgan fingerprint density at radius 3 is 2.42 bits per heavy atom. The molecular formula is C17H22ClN5O. The average molecular weight is 348 g/mol. The van der Waals surface area contributed by atoms with Gasteiger partial charge in [0.2, 0.25) is 0 Å². The van der Waals surface area contributed by atoms with Crippen molar-refractivity contribution in [3.8, 4) is 5.69 Å². The van der Waals surface area contributed by atoms with Crippen LogP contribution in [0.3, 0.4) is 0 Å². The molecule has 0 radical (unpaired) electrons. The van der Waals surface area contributed by atoms with E-state index in [-0.39, 0.29) is 5.54 Å². The van der Waals surface area contributed by atoms with Crippen molar-refractivity contribution in [3.05, 3.63) is 35.1 Å². The molecule has 4 rings (SSSR count). The molecule has 2 aromatic rings. The first-order valence-electron chi connectivity index (χ1n) is 8.67. The molecule has 2 aliphatic rings. The SMILES string of the molecule is Clc1ccc(-n2nnnc2C2(N3CCOCC3)CCCCC2)cc1. The summed E-state index contributed by atoms with van der Waals surface area (Å²) in [4.78, 5) is 2.54. The van der Waals surface area contributed by atoms with Gasteiger partial charge in [-0.15, -0.1) is 5.10 Å². The molecule has 24 heavy (non-hydrogen) atoms. The van der Waals surface area contributed by atoms with Gasteiger partial charge in [-0.05, 0) is 47.5 Å². The average Bonchev–Trinajstić information content (AvgIpc) is 3.14. The summed E-state index contributed by atoms with van der Waals surface area (Å²) in [5.74, 6) is 0.950. The van der Waals surface area contributed by atoms with Crippen molar-refractivity contribution in [2.24, 2.45) is 0 Å². The van der Waals surface area contributed by atoms with E-state index in [0.29, 0.717) is 5.02 Å². The summed E-state index contributed by atoms with van der Waals surface area (Å²) in [6, 6.07) is 7.70. The van der Waals surface area contributed by atoms with Gasteiger partial charge in [0, 0.05) is 18.1 Å². The Kier molecular flexibility index (Phi) is 4.52. The fraction of sp³-hybridized carbons (Fsp3) is 0.588. The molecule has 0 unspecified atom stereocenters. The zero-order chi connectivity index (χ0) is 16.4. The Morgan fingerprint density at radius 2 is 1.71 bits per heavy atom. The molecule has 0 spiro atoms. The van der Waals surface area contributed by atoms with Crippen LogP contribution in [0.4, 0.5) is 0 Å². The van der Waals surface area contributed by atoms with Crippen molar-refractivity contribution in [2.75, 3.05) is 26.3 Å².